The largest absolute Gasteiger partial charge is 0.309 e. The maximum absolute atomic E-state index is 15.3. The highest BCUT2D eigenvalue weighted by molar-refractivity contribution is 7.84. The van der Waals surface area contributed by atoms with Crippen molar-refractivity contribution in [3.8, 4) is 11.1 Å². The lowest BCUT2D eigenvalue weighted by Crippen LogP contribution is -2.15. The number of aromatic amines is 1. The molecule has 0 saturated heterocycles. The zero-order valence-electron chi connectivity index (χ0n) is 17.0. The van der Waals surface area contributed by atoms with E-state index in [0.29, 0.717) is 33.5 Å². The van der Waals surface area contributed by atoms with Gasteiger partial charge >= 0.3 is 0 Å². The van der Waals surface area contributed by atoms with Gasteiger partial charge in [-0.2, -0.15) is 5.10 Å². The first kappa shape index (κ1) is 21.0. The van der Waals surface area contributed by atoms with Gasteiger partial charge in [0.2, 0.25) is 5.91 Å². The summed E-state index contributed by atoms with van der Waals surface area (Å²) in [5.74, 6) is -1.37. The molecule has 4 atom stereocenters. The second-order valence-electron chi connectivity index (χ2n) is 7.87. The van der Waals surface area contributed by atoms with Crippen LogP contribution in [0.4, 0.5) is 14.6 Å². The second-order valence-corrected chi connectivity index (χ2v) is 9.96. The van der Waals surface area contributed by atoms with E-state index >= 15 is 4.39 Å². The predicted molar refractivity (Wildman–Crippen MR) is 119 cm³/mol. The summed E-state index contributed by atoms with van der Waals surface area (Å²) >= 11 is 6.47. The second kappa shape index (κ2) is 7.63. The van der Waals surface area contributed by atoms with E-state index in [-0.39, 0.29) is 17.0 Å². The molecule has 1 aliphatic carbocycles. The van der Waals surface area contributed by atoms with Crippen molar-refractivity contribution < 1.29 is 17.8 Å². The highest BCUT2D eigenvalue weighted by atomic mass is 35.5. The monoisotopic (exact) mass is 477 g/mol. The van der Waals surface area contributed by atoms with E-state index in [4.69, 9.17) is 11.6 Å². The van der Waals surface area contributed by atoms with Gasteiger partial charge in [0, 0.05) is 45.3 Å². The number of fused-ring (bicyclic) bond motifs is 2. The number of rotatable bonds is 5. The summed E-state index contributed by atoms with van der Waals surface area (Å²) in [4.78, 5) is 16.3. The molecule has 1 amide bonds. The zero-order chi connectivity index (χ0) is 22.7. The maximum atomic E-state index is 15.3. The number of pyridine rings is 1. The molecule has 32 heavy (non-hydrogen) atoms. The van der Waals surface area contributed by atoms with Gasteiger partial charge in [-0.15, -0.1) is 0 Å². The van der Waals surface area contributed by atoms with Crippen LogP contribution in [-0.4, -0.2) is 42.1 Å². The molecule has 4 aromatic rings. The molecule has 3 heterocycles. The van der Waals surface area contributed by atoms with Crippen LogP contribution in [-0.2, 0) is 15.6 Å². The van der Waals surface area contributed by atoms with Crippen molar-refractivity contribution in [2.24, 2.45) is 5.92 Å². The number of carbonyl (C=O) groups is 1. The van der Waals surface area contributed by atoms with E-state index in [1.54, 1.807) is 42.0 Å². The number of halogens is 3. The van der Waals surface area contributed by atoms with Gasteiger partial charge in [-0.1, -0.05) is 11.6 Å². The number of imidazole rings is 1. The third-order valence-electron chi connectivity index (χ3n) is 5.77. The van der Waals surface area contributed by atoms with Crippen LogP contribution in [0.1, 0.15) is 24.2 Å². The van der Waals surface area contributed by atoms with E-state index in [1.165, 1.54) is 6.26 Å². The van der Waals surface area contributed by atoms with Crippen LogP contribution in [0, 0.1) is 11.7 Å². The Balaban J connectivity index is 1.59. The zero-order valence-corrected chi connectivity index (χ0v) is 18.6. The van der Waals surface area contributed by atoms with Crippen LogP contribution < -0.4 is 5.32 Å². The van der Waals surface area contributed by atoms with Gasteiger partial charge in [0.25, 0.3) is 0 Å². The van der Waals surface area contributed by atoms with Crippen molar-refractivity contribution in [3.05, 3.63) is 47.1 Å². The molecule has 3 aromatic heterocycles. The highest BCUT2D eigenvalue weighted by Gasteiger charge is 2.43. The summed E-state index contributed by atoms with van der Waals surface area (Å²) in [5.41, 5.74) is 2.25. The molecule has 7 nitrogen and oxygen atoms in total. The molecular formula is C21H18ClF2N5O2S. The van der Waals surface area contributed by atoms with Gasteiger partial charge in [-0.05, 0) is 25.5 Å². The van der Waals surface area contributed by atoms with Gasteiger partial charge < -0.3 is 9.72 Å². The molecule has 0 aliphatic heterocycles. The van der Waals surface area contributed by atoms with Crippen LogP contribution in [0.25, 0.3) is 27.7 Å². The van der Waals surface area contributed by atoms with Gasteiger partial charge in [0.15, 0.2) is 5.82 Å². The van der Waals surface area contributed by atoms with E-state index in [2.05, 4.69) is 20.5 Å². The van der Waals surface area contributed by atoms with E-state index in [0.717, 1.165) is 0 Å². The SMILES string of the molecule is CC(c1c(F)c(Cl)c(-c2ccc3nc(NC(=O)[C@@H]4C[C@@H]4F)cn3c2)c2cn[nH]c12)S(C)=O. The smallest absolute Gasteiger partial charge is 0.231 e. The van der Waals surface area contributed by atoms with Crippen LogP contribution >= 0.6 is 11.6 Å². The van der Waals surface area contributed by atoms with E-state index < -0.39 is 39.9 Å². The van der Waals surface area contributed by atoms with Crippen molar-refractivity contribution >= 4 is 50.7 Å². The maximum Gasteiger partial charge on any atom is 0.231 e. The Hall–Kier alpha value is -2.85. The number of H-pyrrole nitrogens is 1. The molecule has 5 rings (SSSR count). The summed E-state index contributed by atoms with van der Waals surface area (Å²) in [5, 5.41) is 9.40. The number of hydrogen-bond acceptors (Lipinski definition) is 4. The first-order valence-electron chi connectivity index (χ1n) is 9.86. The average molecular weight is 478 g/mol. The number of aromatic nitrogens is 4. The summed E-state index contributed by atoms with van der Waals surface area (Å²) in [6, 6.07) is 3.44. The molecule has 0 bridgehead atoms. The van der Waals surface area contributed by atoms with E-state index in [1.807, 2.05) is 0 Å². The fourth-order valence-corrected chi connectivity index (χ4v) is 4.69. The summed E-state index contributed by atoms with van der Waals surface area (Å²) in [6.45, 7) is 1.67. The van der Waals surface area contributed by atoms with Crippen LogP contribution in [0.3, 0.4) is 0 Å². The number of carbonyl (C=O) groups excluding carboxylic acids is 1. The topological polar surface area (TPSA) is 92.2 Å². The Kier molecular flexibility index (Phi) is 5.01. The molecule has 166 valence electrons. The molecule has 11 heteroatoms. The predicted octanol–water partition coefficient (Wildman–Crippen LogP) is 4.41. The third-order valence-corrected chi connectivity index (χ3v) is 7.36. The molecule has 0 spiro atoms. The van der Waals surface area contributed by atoms with Crippen LogP contribution in [0.5, 0.6) is 0 Å². The summed E-state index contributed by atoms with van der Waals surface area (Å²) in [7, 11) is -1.31. The lowest BCUT2D eigenvalue weighted by Gasteiger charge is -2.16. The standard InChI is InChI=1S/C21H18ClF2N5O2S/c1-9(32(2)31)16-19(24)18(22)17(12-6-25-28-20(12)16)10-3-4-15-26-14(8-29(15)7-10)27-21(30)11-5-13(11)23/h3-4,6-9,11,13H,5H2,1-2H3,(H,25,28)(H,27,30)/t9?,11-,13+,32?/m1/s1. The molecule has 2 N–H and O–H groups in total. The van der Waals surface area contributed by atoms with Gasteiger partial charge in [0.1, 0.15) is 17.6 Å². The Morgan fingerprint density at radius 2 is 2.16 bits per heavy atom. The number of amides is 1. The van der Waals surface area contributed by atoms with Gasteiger partial charge in [-0.25, -0.2) is 13.8 Å². The molecule has 0 radical (unpaired) electrons. The molecule has 1 fully saturated rings. The number of nitrogens with zero attached hydrogens (tertiary/aromatic N) is 3. The fourth-order valence-electron chi connectivity index (χ4n) is 3.82. The minimum absolute atomic E-state index is 0.0955. The van der Waals surface area contributed by atoms with Crippen LogP contribution in [0.15, 0.2) is 30.7 Å². The van der Waals surface area contributed by atoms with Crippen molar-refractivity contribution in [1.29, 1.82) is 0 Å². The summed E-state index contributed by atoms with van der Waals surface area (Å²) < 4.78 is 42.1. The number of anilines is 1. The van der Waals surface area contributed by atoms with Gasteiger partial charge in [0.05, 0.1) is 34.1 Å². The Morgan fingerprint density at radius 1 is 1.41 bits per heavy atom. The minimum Gasteiger partial charge on any atom is -0.309 e. The minimum atomic E-state index is -1.31. The third kappa shape index (κ3) is 3.38. The Bertz CT molecular complexity index is 1420. The summed E-state index contributed by atoms with van der Waals surface area (Å²) in [6.07, 6.45) is 5.50. The number of nitrogens with one attached hydrogen (secondary N) is 2. The quantitative estimate of drug-likeness (QED) is 0.445. The molecule has 1 aliphatic rings. The lowest BCUT2D eigenvalue weighted by molar-refractivity contribution is -0.117. The van der Waals surface area contributed by atoms with Gasteiger partial charge in [-0.3, -0.25) is 14.1 Å². The fraction of sp³-hybridized carbons (Fsp3) is 0.286. The first-order chi connectivity index (χ1) is 15.3. The van der Waals surface area contributed by atoms with Crippen molar-refractivity contribution in [2.75, 3.05) is 11.6 Å². The Labute approximate surface area is 188 Å². The number of benzene rings is 1. The normalized spacial score (nSPS) is 19.9. The average Bonchev–Trinajstić information content (AvgIpc) is 3.11. The molecular weight excluding hydrogens is 460 g/mol. The molecule has 1 saturated carbocycles. The van der Waals surface area contributed by atoms with E-state index in [9.17, 15) is 13.4 Å². The number of hydrogen-bond donors (Lipinski definition) is 2. The Morgan fingerprint density at radius 3 is 2.84 bits per heavy atom. The van der Waals surface area contributed by atoms with Crippen molar-refractivity contribution in [2.45, 2.75) is 24.8 Å². The first-order valence-corrected chi connectivity index (χ1v) is 11.9. The number of alkyl halides is 1. The molecule has 1 aromatic carbocycles. The highest BCUT2D eigenvalue weighted by Crippen LogP contribution is 2.42. The van der Waals surface area contributed by atoms with Crippen molar-refractivity contribution in [3.63, 3.8) is 0 Å². The van der Waals surface area contributed by atoms with Crippen molar-refractivity contribution in [1.82, 2.24) is 19.6 Å². The molecule has 2 unspecified atom stereocenters. The lowest BCUT2D eigenvalue weighted by atomic mass is 9.98. The van der Waals surface area contributed by atoms with Crippen LogP contribution in [0.2, 0.25) is 5.02 Å².